The van der Waals surface area contributed by atoms with Gasteiger partial charge in [0.2, 0.25) is 0 Å². The van der Waals surface area contributed by atoms with Crippen molar-refractivity contribution in [3.8, 4) is 0 Å². The van der Waals surface area contributed by atoms with E-state index in [0.29, 0.717) is 0 Å². The van der Waals surface area contributed by atoms with E-state index in [1.54, 1.807) is 27.7 Å². The van der Waals surface area contributed by atoms with E-state index < -0.39 is 29.4 Å². The van der Waals surface area contributed by atoms with Crippen molar-refractivity contribution in [2.24, 2.45) is 5.41 Å². The molecule has 2 amide bonds. The molecule has 1 aliphatic carbocycles. The number of ether oxygens (including phenoxy) is 1. The van der Waals surface area contributed by atoms with Gasteiger partial charge in [-0.15, -0.1) is 0 Å². The summed E-state index contributed by atoms with van der Waals surface area (Å²) in [6.07, 6.45) is 1.64. The maximum absolute atomic E-state index is 12.3. The number of carbonyl (C=O) groups excluding carboxylic acids is 2. The van der Waals surface area contributed by atoms with Gasteiger partial charge in [0.25, 0.3) is 0 Å². The van der Waals surface area contributed by atoms with Crippen molar-refractivity contribution in [3.05, 3.63) is 0 Å². The third-order valence-electron chi connectivity index (χ3n) is 3.23. The van der Waals surface area contributed by atoms with Crippen LogP contribution in [0.4, 0.5) is 4.79 Å². The first-order valence-corrected chi connectivity index (χ1v) is 7.12. The topological polar surface area (TPSA) is 95.9 Å². The molecule has 0 bridgehead atoms. The number of nitrogens with zero attached hydrogens (tertiary/aromatic N) is 1. The predicted octanol–water partition coefficient (Wildman–Crippen LogP) is 1.22. The molecule has 0 aliphatic heterocycles. The zero-order valence-electron chi connectivity index (χ0n) is 13.0. The van der Waals surface area contributed by atoms with Gasteiger partial charge in [-0.25, -0.2) is 9.59 Å². The maximum atomic E-state index is 12.3. The number of esters is 1. The molecule has 0 aromatic rings. The number of urea groups is 1. The summed E-state index contributed by atoms with van der Waals surface area (Å²) in [5.74, 6) is -1.58. The van der Waals surface area contributed by atoms with E-state index in [1.165, 1.54) is 4.90 Å². The molecular formula is C14H24N2O5. The van der Waals surface area contributed by atoms with Crippen LogP contribution in [0, 0.1) is 5.41 Å². The number of nitrogens with one attached hydrogen (secondary N) is 1. The first-order chi connectivity index (χ1) is 9.66. The second-order valence-corrected chi connectivity index (χ2v) is 6.25. The summed E-state index contributed by atoms with van der Waals surface area (Å²) < 4.78 is 4.84. The number of hydrogen-bond acceptors (Lipinski definition) is 4. The highest BCUT2D eigenvalue weighted by Crippen LogP contribution is 2.27. The van der Waals surface area contributed by atoms with Crippen LogP contribution in [0.15, 0.2) is 0 Å². The highest BCUT2D eigenvalue weighted by atomic mass is 16.5. The molecule has 0 unspecified atom stereocenters. The Morgan fingerprint density at radius 1 is 1.33 bits per heavy atom. The first kappa shape index (κ1) is 17.3. The summed E-state index contributed by atoms with van der Waals surface area (Å²) in [6, 6.07) is -1.56. The summed E-state index contributed by atoms with van der Waals surface area (Å²) in [4.78, 5) is 36.5. The van der Waals surface area contributed by atoms with E-state index in [-0.39, 0.29) is 19.2 Å². The summed E-state index contributed by atoms with van der Waals surface area (Å²) in [5.41, 5.74) is -0.624. The largest absolute Gasteiger partial charge is 0.480 e. The fraction of sp³-hybridized carbons (Fsp3) is 0.786. The Hall–Kier alpha value is -1.79. The molecule has 1 atom stereocenters. The van der Waals surface area contributed by atoms with Gasteiger partial charge in [0.15, 0.2) is 0 Å². The molecule has 0 aromatic carbocycles. The molecule has 21 heavy (non-hydrogen) atoms. The Balaban J connectivity index is 2.72. The monoisotopic (exact) mass is 300 g/mol. The van der Waals surface area contributed by atoms with E-state index >= 15 is 0 Å². The van der Waals surface area contributed by atoms with Gasteiger partial charge >= 0.3 is 18.0 Å². The lowest BCUT2D eigenvalue weighted by molar-refractivity contribution is -0.143. The van der Waals surface area contributed by atoms with Crippen LogP contribution in [-0.4, -0.2) is 53.2 Å². The van der Waals surface area contributed by atoms with Gasteiger partial charge in [-0.2, -0.15) is 0 Å². The van der Waals surface area contributed by atoms with Crippen molar-refractivity contribution in [1.29, 1.82) is 0 Å². The average Bonchev–Trinajstić information content (AvgIpc) is 3.15. The number of carboxylic acid groups (broad SMARTS) is 1. The highest BCUT2D eigenvalue weighted by Gasteiger charge is 2.38. The van der Waals surface area contributed by atoms with E-state index in [9.17, 15) is 19.5 Å². The van der Waals surface area contributed by atoms with E-state index in [0.717, 1.165) is 12.8 Å². The van der Waals surface area contributed by atoms with Crippen LogP contribution in [0.2, 0.25) is 0 Å². The predicted molar refractivity (Wildman–Crippen MR) is 75.8 cm³/mol. The van der Waals surface area contributed by atoms with Crippen LogP contribution in [0.25, 0.3) is 0 Å². The summed E-state index contributed by atoms with van der Waals surface area (Å²) in [5, 5.41) is 11.7. The normalized spacial score (nSPS) is 16.0. The van der Waals surface area contributed by atoms with E-state index in [2.05, 4.69) is 5.32 Å². The van der Waals surface area contributed by atoms with Crippen LogP contribution >= 0.6 is 0 Å². The standard InChI is InChI=1S/C14H24N2O5/c1-5-21-10(17)8-16(9-6-7-9)13(20)15-11(12(18)19)14(2,3)4/h9,11H,5-8H2,1-4H3,(H,15,20)(H,18,19)/t11-/m0/s1. The van der Waals surface area contributed by atoms with Crippen LogP contribution in [0.3, 0.4) is 0 Å². The third-order valence-corrected chi connectivity index (χ3v) is 3.23. The number of aliphatic carboxylic acids is 1. The molecule has 0 spiro atoms. The van der Waals surface area contributed by atoms with Crippen molar-refractivity contribution in [3.63, 3.8) is 0 Å². The van der Waals surface area contributed by atoms with Crippen molar-refractivity contribution < 1.29 is 24.2 Å². The Kier molecular flexibility index (Phi) is 5.57. The molecule has 7 heteroatoms. The van der Waals surface area contributed by atoms with Gasteiger partial charge in [0.1, 0.15) is 12.6 Å². The number of rotatable bonds is 6. The average molecular weight is 300 g/mol. The number of carboxylic acids is 1. The van der Waals surface area contributed by atoms with Crippen LogP contribution in [0.1, 0.15) is 40.5 Å². The fourth-order valence-corrected chi connectivity index (χ4v) is 1.95. The Morgan fingerprint density at radius 3 is 2.29 bits per heavy atom. The minimum absolute atomic E-state index is 0.0104. The third kappa shape index (κ3) is 5.24. The summed E-state index contributed by atoms with van der Waals surface area (Å²) in [6.45, 7) is 7.00. The molecule has 0 radical (unpaired) electrons. The van der Waals surface area contributed by atoms with Crippen molar-refractivity contribution in [1.82, 2.24) is 10.2 Å². The lowest BCUT2D eigenvalue weighted by atomic mass is 9.87. The molecule has 1 fully saturated rings. The minimum atomic E-state index is -1.09. The Morgan fingerprint density at radius 2 is 1.90 bits per heavy atom. The second-order valence-electron chi connectivity index (χ2n) is 6.25. The van der Waals surface area contributed by atoms with E-state index in [4.69, 9.17) is 4.74 Å². The minimum Gasteiger partial charge on any atom is -0.480 e. The van der Waals surface area contributed by atoms with Gasteiger partial charge in [-0.3, -0.25) is 4.79 Å². The van der Waals surface area contributed by atoms with Gasteiger partial charge in [0, 0.05) is 6.04 Å². The molecule has 0 aromatic heterocycles. The SMILES string of the molecule is CCOC(=O)CN(C(=O)N[C@@H](C(=O)O)C(C)(C)C)C1CC1. The van der Waals surface area contributed by atoms with E-state index in [1.807, 2.05) is 0 Å². The van der Waals surface area contributed by atoms with Crippen LogP contribution < -0.4 is 5.32 Å². The molecule has 0 heterocycles. The van der Waals surface area contributed by atoms with Gasteiger partial charge in [-0.1, -0.05) is 20.8 Å². The summed E-state index contributed by atoms with van der Waals surface area (Å²) in [7, 11) is 0. The van der Waals surface area contributed by atoms with Crippen molar-refractivity contribution >= 4 is 18.0 Å². The zero-order chi connectivity index (χ0) is 16.2. The molecule has 1 saturated carbocycles. The molecule has 0 saturated heterocycles. The molecule has 1 rings (SSSR count). The molecule has 1 aliphatic rings. The number of hydrogen-bond donors (Lipinski definition) is 2. The number of amides is 2. The first-order valence-electron chi connectivity index (χ1n) is 7.12. The lowest BCUT2D eigenvalue weighted by Crippen LogP contribution is -2.54. The molecule has 120 valence electrons. The van der Waals surface area contributed by atoms with Gasteiger partial charge < -0.3 is 20.1 Å². The highest BCUT2D eigenvalue weighted by molar-refractivity contribution is 5.86. The van der Waals surface area contributed by atoms with Crippen LogP contribution in [0.5, 0.6) is 0 Å². The molecular weight excluding hydrogens is 276 g/mol. The Labute approximate surface area is 124 Å². The zero-order valence-corrected chi connectivity index (χ0v) is 13.0. The summed E-state index contributed by atoms with van der Waals surface area (Å²) >= 11 is 0. The van der Waals surface area contributed by atoms with Gasteiger partial charge in [0.05, 0.1) is 6.61 Å². The Bertz CT molecular complexity index is 412. The lowest BCUT2D eigenvalue weighted by Gasteiger charge is -2.30. The molecule has 7 nitrogen and oxygen atoms in total. The second kappa shape index (κ2) is 6.78. The molecule has 2 N–H and O–H groups in total. The fourth-order valence-electron chi connectivity index (χ4n) is 1.95. The maximum Gasteiger partial charge on any atom is 0.326 e. The van der Waals surface area contributed by atoms with Crippen molar-refractivity contribution in [2.45, 2.75) is 52.6 Å². The number of carbonyl (C=O) groups is 3. The smallest absolute Gasteiger partial charge is 0.326 e. The van der Waals surface area contributed by atoms with Crippen molar-refractivity contribution in [2.75, 3.05) is 13.2 Å². The quantitative estimate of drug-likeness (QED) is 0.719. The van der Waals surface area contributed by atoms with Gasteiger partial charge in [-0.05, 0) is 25.2 Å². The van der Waals surface area contributed by atoms with Crippen LogP contribution in [-0.2, 0) is 14.3 Å².